The molecule has 10 heteroatoms. The number of rotatable bonds is 8. The van der Waals surface area contributed by atoms with E-state index in [1.807, 2.05) is 6.07 Å². The van der Waals surface area contributed by atoms with Gasteiger partial charge in [0.05, 0.1) is 6.20 Å². The number of piperidine rings is 1. The topological polar surface area (TPSA) is 86.1 Å². The second-order valence-corrected chi connectivity index (χ2v) is 9.43. The number of ether oxygens (including phenoxy) is 1. The molecule has 2 aromatic carbocycles. The van der Waals surface area contributed by atoms with E-state index in [9.17, 15) is 18.4 Å². The van der Waals surface area contributed by atoms with Crippen LogP contribution in [0.3, 0.4) is 0 Å². The highest BCUT2D eigenvalue weighted by Crippen LogP contribution is 2.38. The van der Waals surface area contributed by atoms with Crippen LogP contribution in [0.2, 0.25) is 0 Å². The summed E-state index contributed by atoms with van der Waals surface area (Å²) in [5, 5.41) is 16.0. The maximum Gasteiger partial charge on any atom is 0.573 e. The van der Waals surface area contributed by atoms with Crippen molar-refractivity contribution in [3.8, 4) is 11.8 Å². The Morgan fingerprint density at radius 3 is 2.43 bits per heavy atom. The summed E-state index contributed by atoms with van der Waals surface area (Å²) in [6.45, 7) is 0.965. The fraction of sp³-hybridized carbons (Fsp3) is 0.370. The standard InChI is InChI=1S/C27H27F3N6O/c28-27(29,30)37-24-9-5-4-8-19(24)15-32-26-33-16-20(14-31)25(35-26)34-21-12-22-10-11-23(13-21)36(22)17-18-6-2-1-3-7-18/h1-9,16,21-23H,10-13,15,17H2,(H2,32,33,34,35)/t21?,22-,23+. The largest absolute Gasteiger partial charge is 0.573 e. The summed E-state index contributed by atoms with van der Waals surface area (Å²) in [5.41, 5.74) is 1.95. The summed E-state index contributed by atoms with van der Waals surface area (Å²) < 4.78 is 42.3. The molecule has 0 amide bonds. The molecule has 0 spiro atoms. The van der Waals surface area contributed by atoms with Crippen molar-refractivity contribution in [1.29, 1.82) is 5.26 Å². The first kappa shape index (κ1) is 24.8. The lowest BCUT2D eigenvalue weighted by Gasteiger charge is -2.39. The number of halogens is 3. The van der Waals surface area contributed by atoms with Crippen molar-refractivity contribution in [2.45, 2.75) is 63.3 Å². The second kappa shape index (κ2) is 10.6. The van der Waals surface area contributed by atoms with Gasteiger partial charge in [-0.2, -0.15) is 10.2 Å². The van der Waals surface area contributed by atoms with Crippen LogP contribution in [-0.4, -0.2) is 39.4 Å². The van der Waals surface area contributed by atoms with Gasteiger partial charge < -0.3 is 15.4 Å². The number of nitrogens with one attached hydrogen (secondary N) is 2. The van der Waals surface area contributed by atoms with Gasteiger partial charge in [-0.25, -0.2) is 4.98 Å². The number of benzene rings is 2. The Morgan fingerprint density at radius 2 is 1.73 bits per heavy atom. The Kier molecular flexibility index (Phi) is 7.15. The third-order valence-electron chi connectivity index (χ3n) is 6.98. The van der Waals surface area contributed by atoms with E-state index >= 15 is 0 Å². The molecule has 0 saturated carbocycles. The first-order chi connectivity index (χ1) is 17.9. The lowest BCUT2D eigenvalue weighted by molar-refractivity contribution is -0.274. The van der Waals surface area contributed by atoms with E-state index in [2.05, 4.69) is 60.6 Å². The van der Waals surface area contributed by atoms with Gasteiger partial charge in [0.25, 0.3) is 0 Å². The molecule has 1 unspecified atom stereocenters. The maximum atomic E-state index is 12.7. The molecule has 2 aliphatic rings. The van der Waals surface area contributed by atoms with Crippen LogP contribution in [0.4, 0.5) is 24.9 Å². The minimum Gasteiger partial charge on any atom is -0.405 e. The molecular formula is C27H27F3N6O. The fourth-order valence-electron chi connectivity index (χ4n) is 5.35. The Balaban J connectivity index is 1.24. The molecule has 0 radical (unpaired) electrons. The molecule has 2 N–H and O–H groups in total. The quantitative estimate of drug-likeness (QED) is 0.418. The number of para-hydroxylation sites is 1. The van der Waals surface area contributed by atoms with Crippen molar-refractivity contribution >= 4 is 11.8 Å². The normalized spacial score (nSPS) is 21.3. The predicted molar refractivity (Wildman–Crippen MR) is 133 cm³/mol. The van der Waals surface area contributed by atoms with E-state index in [0.29, 0.717) is 29.0 Å². The van der Waals surface area contributed by atoms with Crippen molar-refractivity contribution in [1.82, 2.24) is 14.9 Å². The molecule has 3 atom stereocenters. The average Bonchev–Trinajstić information content (AvgIpc) is 3.10. The van der Waals surface area contributed by atoms with Gasteiger partial charge in [0.1, 0.15) is 23.2 Å². The van der Waals surface area contributed by atoms with Crippen molar-refractivity contribution in [2.75, 3.05) is 10.6 Å². The SMILES string of the molecule is N#Cc1cnc(NCc2ccccc2OC(F)(F)F)nc1NC1C[C@H]2CC[C@@H](C1)N2Cc1ccccc1. The summed E-state index contributed by atoms with van der Waals surface area (Å²) in [4.78, 5) is 11.2. The van der Waals surface area contributed by atoms with Crippen LogP contribution in [0, 0.1) is 11.3 Å². The van der Waals surface area contributed by atoms with Gasteiger partial charge in [-0.15, -0.1) is 13.2 Å². The van der Waals surface area contributed by atoms with E-state index < -0.39 is 6.36 Å². The van der Waals surface area contributed by atoms with Crippen LogP contribution >= 0.6 is 0 Å². The van der Waals surface area contributed by atoms with E-state index in [1.54, 1.807) is 6.07 Å². The number of alkyl halides is 3. The summed E-state index contributed by atoms with van der Waals surface area (Å²) >= 11 is 0. The summed E-state index contributed by atoms with van der Waals surface area (Å²) in [6.07, 6.45) is 0.836. The molecule has 2 bridgehead atoms. The van der Waals surface area contributed by atoms with Gasteiger partial charge in [0.15, 0.2) is 0 Å². The first-order valence-corrected chi connectivity index (χ1v) is 12.3. The van der Waals surface area contributed by atoms with Crippen LogP contribution in [0.25, 0.3) is 0 Å². The Hall–Kier alpha value is -3.84. The first-order valence-electron chi connectivity index (χ1n) is 12.3. The zero-order valence-electron chi connectivity index (χ0n) is 20.1. The maximum absolute atomic E-state index is 12.7. The summed E-state index contributed by atoms with van der Waals surface area (Å²) in [5.74, 6) is 0.362. The van der Waals surface area contributed by atoms with E-state index in [-0.39, 0.29) is 24.3 Å². The minimum absolute atomic E-state index is 0.0274. The van der Waals surface area contributed by atoms with Gasteiger partial charge in [-0.05, 0) is 37.3 Å². The van der Waals surface area contributed by atoms with Crippen LogP contribution in [0.15, 0.2) is 60.8 Å². The molecule has 2 aliphatic heterocycles. The monoisotopic (exact) mass is 508 g/mol. The van der Waals surface area contributed by atoms with E-state index in [4.69, 9.17) is 0 Å². The highest BCUT2D eigenvalue weighted by Gasteiger charge is 2.40. The zero-order valence-corrected chi connectivity index (χ0v) is 20.1. The van der Waals surface area contributed by atoms with Crippen LogP contribution in [-0.2, 0) is 13.1 Å². The lowest BCUT2D eigenvalue weighted by atomic mass is 9.96. The predicted octanol–water partition coefficient (Wildman–Crippen LogP) is 5.47. The number of nitrogens with zero attached hydrogens (tertiary/aromatic N) is 4. The Bertz CT molecular complexity index is 1250. The van der Waals surface area contributed by atoms with Gasteiger partial charge in [-0.1, -0.05) is 48.5 Å². The Labute approximate surface area is 213 Å². The summed E-state index contributed by atoms with van der Waals surface area (Å²) in [7, 11) is 0. The number of anilines is 2. The second-order valence-electron chi connectivity index (χ2n) is 9.43. The molecule has 0 aliphatic carbocycles. The minimum atomic E-state index is -4.78. The van der Waals surface area contributed by atoms with Gasteiger partial charge >= 0.3 is 6.36 Å². The summed E-state index contributed by atoms with van der Waals surface area (Å²) in [6, 6.07) is 19.6. The average molecular weight is 509 g/mol. The molecule has 2 fully saturated rings. The van der Waals surface area contributed by atoms with Crippen molar-refractivity contribution in [3.63, 3.8) is 0 Å². The number of aromatic nitrogens is 2. The Morgan fingerprint density at radius 1 is 1.03 bits per heavy atom. The highest BCUT2D eigenvalue weighted by molar-refractivity contribution is 5.54. The van der Waals surface area contributed by atoms with Crippen LogP contribution in [0.5, 0.6) is 5.75 Å². The molecule has 3 heterocycles. The molecule has 2 saturated heterocycles. The van der Waals surface area contributed by atoms with E-state index in [0.717, 1.165) is 32.2 Å². The van der Waals surface area contributed by atoms with Crippen LogP contribution < -0.4 is 15.4 Å². The number of hydrogen-bond acceptors (Lipinski definition) is 7. The van der Waals surface area contributed by atoms with Gasteiger partial charge in [0.2, 0.25) is 5.95 Å². The van der Waals surface area contributed by atoms with Crippen molar-refractivity contribution in [3.05, 3.63) is 77.5 Å². The third kappa shape index (κ3) is 6.12. The number of nitriles is 1. The van der Waals surface area contributed by atoms with Gasteiger partial charge in [-0.3, -0.25) is 4.90 Å². The smallest absolute Gasteiger partial charge is 0.405 e. The van der Waals surface area contributed by atoms with E-state index in [1.165, 1.54) is 30.0 Å². The molecule has 192 valence electrons. The van der Waals surface area contributed by atoms with Gasteiger partial charge in [0, 0.05) is 36.8 Å². The molecule has 3 aromatic rings. The van der Waals surface area contributed by atoms with Crippen molar-refractivity contribution in [2.24, 2.45) is 0 Å². The third-order valence-corrected chi connectivity index (χ3v) is 6.98. The molecule has 1 aromatic heterocycles. The highest BCUT2D eigenvalue weighted by atomic mass is 19.4. The molecule has 5 rings (SSSR count). The lowest BCUT2D eigenvalue weighted by Crippen LogP contribution is -2.46. The number of fused-ring (bicyclic) bond motifs is 2. The molecular weight excluding hydrogens is 481 g/mol. The fourth-order valence-corrected chi connectivity index (χ4v) is 5.35. The molecule has 37 heavy (non-hydrogen) atoms. The number of hydrogen-bond donors (Lipinski definition) is 2. The van der Waals surface area contributed by atoms with Crippen molar-refractivity contribution < 1.29 is 17.9 Å². The molecule has 7 nitrogen and oxygen atoms in total. The van der Waals surface area contributed by atoms with Crippen LogP contribution in [0.1, 0.15) is 42.4 Å². The zero-order chi connectivity index (χ0) is 25.8.